The minimum absolute atomic E-state index is 0.0524. The zero-order valence-corrected chi connectivity index (χ0v) is 16.1. The second kappa shape index (κ2) is 8.96. The molecular formula is C21H31N3O2. The molecule has 1 aliphatic heterocycles. The lowest BCUT2D eigenvalue weighted by atomic mass is 9.89. The Hall–Kier alpha value is -1.45. The molecule has 0 amide bonds. The average Bonchev–Trinajstić information content (AvgIpc) is 3.00. The van der Waals surface area contributed by atoms with Crippen LogP contribution in [0.4, 0.5) is 0 Å². The fourth-order valence-corrected chi connectivity index (χ4v) is 4.23. The smallest absolute Gasteiger partial charge is 0.0991 e. The Kier molecular flexibility index (Phi) is 6.66. The molecule has 0 aromatic heterocycles. The molecule has 0 unspecified atom stereocenters. The molecule has 0 radical (unpaired) electrons. The van der Waals surface area contributed by atoms with Crippen LogP contribution in [0.1, 0.15) is 30.4 Å². The van der Waals surface area contributed by atoms with Crippen LogP contribution in [0.25, 0.3) is 0 Å². The van der Waals surface area contributed by atoms with Gasteiger partial charge in [-0.3, -0.25) is 4.90 Å². The summed E-state index contributed by atoms with van der Waals surface area (Å²) in [5.74, 6) is 0.484. The SMILES string of the molecule is CN(C)CCOC[C@@H]1CCC[C@@]12CN(Cc1cccc(C#N)c1)CCO2. The molecule has 2 atom stereocenters. The van der Waals surface area contributed by atoms with Crippen LogP contribution in [0.2, 0.25) is 0 Å². The Morgan fingerprint density at radius 2 is 2.31 bits per heavy atom. The van der Waals surface area contributed by atoms with Crippen molar-refractivity contribution in [3.8, 4) is 6.07 Å². The molecule has 1 heterocycles. The number of nitrogens with zero attached hydrogens (tertiary/aromatic N) is 3. The van der Waals surface area contributed by atoms with Gasteiger partial charge in [0.15, 0.2) is 0 Å². The third-order valence-corrected chi connectivity index (χ3v) is 5.65. The van der Waals surface area contributed by atoms with Crippen LogP contribution in [0.5, 0.6) is 0 Å². The van der Waals surface area contributed by atoms with Crippen molar-refractivity contribution in [3.05, 3.63) is 35.4 Å². The van der Waals surface area contributed by atoms with E-state index in [1.165, 1.54) is 18.4 Å². The molecule has 1 aromatic rings. The quantitative estimate of drug-likeness (QED) is 0.702. The monoisotopic (exact) mass is 357 g/mol. The number of nitriles is 1. The first-order chi connectivity index (χ1) is 12.6. The lowest BCUT2D eigenvalue weighted by molar-refractivity contribution is -0.143. The molecule has 1 saturated carbocycles. The second-order valence-electron chi connectivity index (χ2n) is 7.90. The van der Waals surface area contributed by atoms with Gasteiger partial charge in [-0.05, 0) is 44.6 Å². The number of hydrogen-bond donors (Lipinski definition) is 0. The third kappa shape index (κ3) is 4.83. The Morgan fingerprint density at radius 3 is 3.12 bits per heavy atom. The normalized spacial score (nSPS) is 26.5. The summed E-state index contributed by atoms with van der Waals surface area (Å²) in [5.41, 5.74) is 1.89. The zero-order chi connectivity index (χ0) is 18.4. The number of ether oxygens (including phenoxy) is 2. The highest BCUT2D eigenvalue weighted by atomic mass is 16.5. The summed E-state index contributed by atoms with van der Waals surface area (Å²) in [6.45, 7) is 6.12. The minimum atomic E-state index is -0.0524. The van der Waals surface area contributed by atoms with Crippen molar-refractivity contribution in [1.82, 2.24) is 9.80 Å². The zero-order valence-electron chi connectivity index (χ0n) is 16.1. The Labute approximate surface area is 157 Å². The van der Waals surface area contributed by atoms with Gasteiger partial charge in [0.1, 0.15) is 0 Å². The van der Waals surface area contributed by atoms with E-state index in [1.807, 2.05) is 18.2 Å². The van der Waals surface area contributed by atoms with Crippen LogP contribution in [-0.4, -0.2) is 69.0 Å². The van der Waals surface area contributed by atoms with Crippen molar-refractivity contribution in [2.24, 2.45) is 5.92 Å². The third-order valence-electron chi connectivity index (χ3n) is 5.65. The molecule has 3 rings (SSSR count). The van der Waals surface area contributed by atoms with Crippen molar-refractivity contribution in [1.29, 1.82) is 5.26 Å². The van der Waals surface area contributed by atoms with Crippen LogP contribution in [0.15, 0.2) is 24.3 Å². The summed E-state index contributed by atoms with van der Waals surface area (Å²) in [5, 5.41) is 9.11. The largest absolute Gasteiger partial charge is 0.380 e. The summed E-state index contributed by atoms with van der Waals surface area (Å²) in [6, 6.07) is 10.2. The Balaban J connectivity index is 1.58. The van der Waals surface area contributed by atoms with Crippen LogP contribution in [-0.2, 0) is 16.0 Å². The first kappa shape index (κ1) is 19.3. The minimum Gasteiger partial charge on any atom is -0.380 e. The standard InChI is InChI=1S/C21H31N3O2/c1-23(2)9-11-25-16-20-7-4-8-21(20)17-24(10-12-26-21)15-19-6-3-5-18(13-19)14-22/h3,5-6,13,20H,4,7-12,15-17H2,1-2H3/t20-,21+/m0/s1. The van der Waals surface area contributed by atoms with E-state index in [4.69, 9.17) is 14.7 Å². The predicted octanol–water partition coefficient (Wildman–Crippen LogP) is 2.51. The highest BCUT2D eigenvalue weighted by molar-refractivity contribution is 5.32. The van der Waals surface area contributed by atoms with Gasteiger partial charge < -0.3 is 14.4 Å². The first-order valence-electron chi connectivity index (χ1n) is 9.69. The number of benzene rings is 1. The summed E-state index contributed by atoms with van der Waals surface area (Å²) in [6.07, 6.45) is 3.54. The molecule has 0 bridgehead atoms. The molecule has 26 heavy (non-hydrogen) atoms. The van der Waals surface area contributed by atoms with Gasteiger partial charge in [0.2, 0.25) is 0 Å². The first-order valence-corrected chi connectivity index (χ1v) is 9.69. The van der Waals surface area contributed by atoms with E-state index in [2.05, 4.69) is 36.0 Å². The summed E-state index contributed by atoms with van der Waals surface area (Å²) < 4.78 is 12.3. The van der Waals surface area contributed by atoms with E-state index in [-0.39, 0.29) is 5.60 Å². The van der Waals surface area contributed by atoms with Crippen molar-refractivity contribution in [3.63, 3.8) is 0 Å². The predicted molar refractivity (Wildman–Crippen MR) is 102 cm³/mol. The molecule has 1 saturated heterocycles. The van der Waals surface area contributed by atoms with Crippen molar-refractivity contribution >= 4 is 0 Å². The van der Waals surface area contributed by atoms with E-state index in [9.17, 15) is 0 Å². The Morgan fingerprint density at radius 1 is 1.42 bits per heavy atom. The lowest BCUT2D eigenvalue weighted by Gasteiger charge is -2.44. The van der Waals surface area contributed by atoms with E-state index in [0.29, 0.717) is 5.92 Å². The van der Waals surface area contributed by atoms with Gasteiger partial charge in [-0.2, -0.15) is 5.26 Å². The number of likely N-dealkylation sites (N-methyl/N-ethyl adjacent to an activating group) is 1. The number of morpholine rings is 1. The van der Waals surface area contributed by atoms with E-state index >= 15 is 0 Å². The highest BCUT2D eigenvalue weighted by Gasteiger charge is 2.46. The summed E-state index contributed by atoms with van der Waals surface area (Å²) in [4.78, 5) is 4.64. The maximum Gasteiger partial charge on any atom is 0.0991 e. The molecule has 0 N–H and O–H groups in total. The van der Waals surface area contributed by atoms with Gasteiger partial charge >= 0.3 is 0 Å². The molecule has 1 aliphatic carbocycles. The number of rotatable bonds is 7. The van der Waals surface area contributed by atoms with Crippen molar-refractivity contribution in [2.75, 3.05) is 53.6 Å². The van der Waals surface area contributed by atoms with E-state index in [0.717, 1.165) is 58.0 Å². The van der Waals surface area contributed by atoms with Gasteiger partial charge in [-0.15, -0.1) is 0 Å². The highest BCUT2D eigenvalue weighted by Crippen LogP contribution is 2.41. The summed E-state index contributed by atoms with van der Waals surface area (Å²) >= 11 is 0. The molecule has 5 nitrogen and oxygen atoms in total. The van der Waals surface area contributed by atoms with Gasteiger partial charge in [0.05, 0.1) is 37.1 Å². The fourth-order valence-electron chi connectivity index (χ4n) is 4.23. The maximum atomic E-state index is 9.11. The number of hydrogen-bond acceptors (Lipinski definition) is 5. The van der Waals surface area contributed by atoms with Crippen molar-refractivity contribution < 1.29 is 9.47 Å². The van der Waals surface area contributed by atoms with Gasteiger partial charge in [0, 0.05) is 32.1 Å². The molecule has 142 valence electrons. The average molecular weight is 357 g/mol. The molecular weight excluding hydrogens is 326 g/mol. The molecule has 2 aliphatic rings. The molecule has 5 heteroatoms. The van der Waals surface area contributed by atoms with Gasteiger partial charge in [0.25, 0.3) is 0 Å². The topological polar surface area (TPSA) is 48.7 Å². The lowest BCUT2D eigenvalue weighted by Crippen LogP contribution is -2.54. The Bertz CT molecular complexity index is 628. The van der Waals surface area contributed by atoms with E-state index < -0.39 is 0 Å². The summed E-state index contributed by atoms with van der Waals surface area (Å²) in [7, 11) is 4.15. The van der Waals surface area contributed by atoms with Crippen LogP contribution < -0.4 is 0 Å². The van der Waals surface area contributed by atoms with Gasteiger partial charge in [-0.1, -0.05) is 18.6 Å². The van der Waals surface area contributed by atoms with Gasteiger partial charge in [-0.25, -0.2) is 0 Å². The maximum absolute atomic E-state index is 9.11. The fraction of sp³-hybridized carbons (Fsp3) is 0.667. The van der Waals surface area contributed by atoms with Crippen LogP contribution >= 0.6 is 0 Å². The van der Waals surface area contributed by atoms with Crippen LogP contribution in [0.3, 0.4) is 0 Å². The molecule has 1 aromatic carbocycles. The van der Waals surface area contributed by atoms with Crippen LogP contribution in [0, 0.1) is 17.2 Å². The molecule has 2 fully saturated rings. The van der Waals surface area contributed by atoms with E-state index in [1.54, 1.807) is 0 Å². The molecule has 1 spiro atoms. The van der Waals surface area contributed by atoms with Crippen molar-refractivity contribution in [2.45, 2.75) is 31.4 Å². The second-order valence-corrected chi connectivity index (χ2v) is 7.90.